The molecule has 65 valence electrons. The number of hydrogen-bond donors (Lipinski definition) is 0. The molecule has 0 fully saturated rings. The Kier molecular flexibility index (Phi) is 2.27. The molecule has 0 amide bonds. The van der Waals surface area contributed by atoms with Gasteiger partial charge in [0.15, 0.2) is 0 Å². The molecule has 0 unspecified atom stereocenters. The van der Waals surface area contributed by atoms with Crippen LogP contribution in [0.4, 0.5) is 0 Å². The number of methoxy groups -OCH3 is 1. The second kappa shape index (κ2) is 3.58. The molecule has 0 saturated carbocycles. The minimum absolute atomic E-state index is 0.854. The molecule has 1 aromatic heterocycles. The lowest BCUT2D eigenvalue weighted by molar-refractivity contribution is 0.415. The van der Waals surface area contributed by atoms with Crippen LogP contribution < -0.4 is 4.74 Å². The lowest BCUT2D eigenvalue weighted by Crippen LogP contribution is -1.82. The van der Waals surface area contributed by atoms with Gasteiger partial charge >= 0.3 is 0 Å². The zero-order valence-electron chi connectivity index (χ0n) is 7.15. The van der Waals surface area contributed by atoms with Crippen LogP contribution >= 0.6 is 11.3 Å². The predicted molar refractivity (Wildman–Crippen MR) is 52.9 cm³/mol. The Bertz CT molecular complexity index is 384. The molecule has 2 aromatic rings. The van der Waals surface area contributed by atoms with Crippen molar-refractivity contribution in [1.29, 1.82) is 0 Å². The fourth-order valence-electron chi connectivity index (χ4n) is 1.08. The summed E-state index contributed by atoms with van der Waals surface area (Å²) >= 11 is 1.50. The SMILES string of the molecule is COc1cccc(-c2nc[c]s2)c1. The number of rotatable bonds is 2. The van der Waals surface area contributed by atoms with Gasteiger partial charge in [-0.2, -0.15) is 0 Å². The second-order valence-electron chi connectivity index (χ2n) is 2.52. The average Bonchev–Trinajstić information content (AvgIpc) is 2.71. The van der Waals surface area contributed by atoms with E-state index in [9.17, 15) is 0 Å². The zero-order valence-corrected chi connectivity index (χ0v) is 7.97. The van der Waals surface area contributed by atoms with Crippen LogP contribution in [-0.4, -0.2) is 12.1 Å². The van der Waals surface area contributed by atoms with Gasteiger partial charge in [0.25, 0.3) is 0 Å². The van der Waals surface area contributed by atoms with Crippen LogP contribution in [0.15, 0.2) is 30.5 Å². The van der Waals surface area contributed by atoms with Crippen molar-refractivity contribution in [3.05, 3.63) is 35.8 Å². The molecule has 0 saturated heterocycles. The second-order valence-corrected chi connectivity index (χ2v) is 3.34. The molecule has 0 bridgehead atoms. The summed E-state index contributed by atoms with van der Waals surface area (Å²) in [4.78, 5) is 4.17. The molecule has 1 aromatic carbocycles. The number of benzene rings is 1. The number of aromatic nitrogens is 1. The average molecular weight is 190 g/mol. The van der Waals surface area contributed by atoms with Crippen molar-refractivity contribution in [2.24, 2.45) is 0 Å². The topological polar surface area (TPSA) is 22.1 Å². The summed E-state index contributed by atoms with van der Waals surface area (Å²) in [6.07, 6.45) is 1.68. The first-order valence-electron chi connectivity index (χ1n) is 3.86. The molecule has 3 heteroatoms. The van der Waals surface area contributed by atoms with Gasteiger partial charge < -0.3 is 4.74 Å². The van der Waals surface area contributed by atoms with E-state index in [1.807, 2.05) is 24.3 Å². The molecule has 0 spiro atoms. The number of ether oxygens (including phenoxy) is 1. The Hall–Kier alpha value is -1.35. The lowest BCUT2D eigenvalue weighted by atomic mass is 10.2. The molecule has 0 aliphatic carbocycles. The van der Waals surface area contributed by atoms with E-state index in [-0.39, 0.29) is 0 Å². The third-order valence-corrected chi connectivity index (χ3v) is 2.46. The summed E-state index contributed by atoms with van der Waals surface area (Å²) < 4.78 is 5.12. The summed E-state index contributed by atoms with van der Waals surface area (Å²) in [6, 6.07) is 7.85. The molecule has 0 N–H and O–H groups in total. The maximum Gasteiger partial charge on any atom is 0.124 e. The first kappa shape index (κ1) is 8.26. The van der Waals surface area contributed by atoms with Crippen LogP contribution in [0.3, 0.4) is 0 Å². The predicted octanol–water partition coefficient (Wildman–Crippen LogP) is 2.62. The van der Waals surface area contributed by atoms with Gasteiger partial charge in [-0.1, -0.05) is 12.1 Å². The maximum absolute atomic E-state index is 5.12. The quantitative estimate of drug-likeness (QED) is 0.726. The van der Waals surface area contributed by atoms with Crippen molar-refractivity contribution in [2.75, 3.05) is 7.11 Å². The van der Waals surface area contributed by atoms with Gasteiger partial charge in [-0.05, 0) is 12.1 Å². The van der Waals surface area contributed by atoms with E-state index >= 15 is 0 Å². The standard InChI is InChI=1S/C10H8NOS/c1-12-9-4-2-3-8(7-9)10-11-5-6-13-10/h2-5,7H,1H3. The number of thiazole rings is 1. The van der Waals surface area contributed by atoms with Crippen LogP contribution in [0.25, 0.3) is 10.6 Å². The van der Waals surface area contributed by atoms with Crippen molar-refractivity contribution in [2.45, 2.75) is 0 Å². The zero-order chi connectivity index (χ0) is 9.10. The Balaban J connectivity index is 2.41. The van der Waals surface area contributed by atoms with E-state index in [2.05, 4.69) is 10.4 Å². The van der Waals surface area contributed by atoms with Crippen LogP contribution in [0.1, 0.15) is 0 Å². The minimum Gasteiger partial charge on any atom is -0.497 e. The lowest BCUT2D eigenvalue weighted by Gasteiger charge is -2.00. The van der Waals surface area contributed by atoms with Crippen molar-refractivity contribution in [3.63, 3.8) is 0 Å². The van der Waals surface area contributed by atoms with Gasteiger partial charge in [0, 0.05) is 11.8 Å². The minimum atomic E-state index is 0.854. The molecular weight excluding hydrogens is 182 g/mol. The Morgan fingerprint density at radius 3 is 3.08 bits per heavy atom. The van der Waals surface area contributed by atoms with Crippen LogP contribution in [0.5, 0.6) is 5.75 Å². The van der Waals surface area contributed by atoms with Gasteiger partial charge in [-0.25, -0.2) is 4.98 Å². The van der Waals surface area contributed by atoms with Gasteiger partial charge in [-0.15, -0.1) is 11.3 Å². The van der Waals surface area contributed by atoms with Crippen LogP contribution in [0, 0.1) is 5.38 Å². The molecule has 0 aliphatic heterocycles. The van der Waals surface area contributed by atoms with E-state index in [1.54, 1.807) is 13.3 Å². The van der Waals surface area contributed by atoms with Crippen molar-refractivity contribution < 1.29 is 4.74 Å². The highest BCUT2D eigenvalue weighted by molar-refractivity contribution is 7.12. The van der Waals surface area contributed by atoms with E-state index in [1.165, 1.54) is 11.3 Å². The molecule has 2 rings (SSSR count). The fraction of sp³-hybridized carbons (Fsp3) is 0.100. The molecular formula is C10H8NOS. The van der Waals surface area contributed by atoms with Gasteiger partial charge in [0.1, 0.15) is 10.8 Å². The first-order valence-corrected chi connectivity index (χ1v) is 4.68. The van der Waals surface area contributed by atoms with Gasteiger partial charge in [0.2, 0.25) is 0 Å². The summed E-state index contributed by atoms with van der Waals surface area (Å²) in [7, 11) is 1.66. The van der Waals surface area contributed by atoms with Crippen molar-refractivity contribution >= 4 is 11.3 Å². The number of nitrogens with zero attached hydrogens (tertiary/aromatic N) is 1. The molecule has 0 aliphatic rings. The first-order chi connectivity index (χ1) is 6.40. The normalized spacial score (nSPS) is 9.92. The maximum atomic E-state index is 5.12. The highest BCUT2D eigenvalue weighted by Gasteiger charge is 2.00. The Labute approximate surface area is 80.8 Å². The number of hydrogen-bond acceptors (Lipinski definition) is 3. The molecule has 1 heterocycles. The molecule has 0 atom stereocenters. The van der Waals surface area contributed by atoms with E-state index < -0.39 is 0 Å². The third kappa shape index (κ3) is 1.70. The third-order valence-electron chi connectivity index (χ3n) is 1.71. The summed E-state index contributed by atoms with van der Waals surface area (Å²) in [5.41, 5.74) is 1.07. The van der Waals surface area contributed by atoms with Crippen LogP contribution in [-0.2, 0) is 0 Å². The smallest absolute Gasteiger partial charge is 0.124 e. The monoisotopic (exact) mass is 190 g/mol. The Morgan fingerprint density at radius 2 is 2.38 bits per heavy atom. The van der Waals surface area contributed by atoms with Crippen molar-refractivity contribution in [3.8, 4) is 16.3 Å². The largest absolute Gasteiger partial charge is 0.497 e. The highest BCUT2D eigenvalue weighted by Crippen LogP contribution is 2.24. The van der Waals surface area contributed by atoms with E-state index in [0.29, 0.717) is 0 Å². The molecule has 13 heavy (non-hydrogen) atoms. The van der Waals surface area contributed by atoms with Crippen LogP contribution in [0.2, 0.25) is 0 Å². The van der Waals surface area contributed by atoms with Crippen molar-refractivity contribution in [1.82, 2.24) is 4.98 Å². The van der Waals surface area contributed by atoms with E-state index in [4.69, 9.17) is 4.74 Å². The molecule has 1 radical (unpaired) electrons. The Morgan fingerprint density at radius 1 is 1.46 bits per heavy atom. The van der Waals surface area contributed by atoms with Gasteiger partial charge in [-0.3, -0.25) is 0 Å². The van der Waals surface area contributed by atoms with Gasteiger partial charge in [0.05, 0.1) is 12.5 Å². The summed E-state index contributed by atoms with van der Waals surface area (Å²) in [5.74, 6) is 0.854. The van der Waals surface area contributed by atoms with E-state index in [0.717, 1.165) is 16.3 Å². The fourth-order valence-corrected chi connectivity index (χ4v) is 1.65. The highest BCUT2D eigenvalue weighted by atomic mass is 32.1. The summed E-state index contributed by atoms with van der Waals surface area (Å²) in [5, 5.41) is 3.93. The summed E-state index contributed by atoms with van der Waals surface area (Å²) in [6.45, 7) is 0. The molecule has 2 nitrogen and oxygen atoms in total.